The number of nitrogens with zero attached hydrogens (tertiary/aromatic N) is 1. The summed E-state index contributed by atoms with van der Waals surface area (Å²) < 4.78 is 0. The smallest absolute Gasteiger partial charge is 0.0253 e. The molecule has 0 aromatic heterocycles. The first-order valence-corrected chi connectivity index (χ1v) is 5.66. The largest absolute Gasteiger partial charge is 0.300 e. The van der Waals surface area contributed by atoms with E-state index < -0.39 is 0 Å². The second-order valence-electron chi connectivity index (χ2n) is 4.57. The molecule has 0 spiro atoms. The molecule has 0 amide bonds. The first-order chi connectivity index (χ1) is 7.18. The van der Waals surface area contributed by atoms with Gasteiger partial charge in [0.05, 0.1) is 0 Å². The molecule has 0 saturated carbocycles. The molecular formula is C14H19N. The highest BCUT2D eigenvalue weighted by atomic mass is 15.1. The van der Waals surface area contributed by atoms with E-state index in [2.05, 4.69) is 62.2 Å². The number of hydrogen-bond acceptors (Lipinski definition) is 1. The van der Waals surface area contributed by atoms with Crippen molar-refractivity contribution in [2.24, 2.45) is 5.92 Å². The molecule has 0 aliphatic carbocycles. The van der Waals surface area contributed by atoms with Crippen molar-refractivity contribution >= 4 is 5.57 Å². The van der Waals surface area contributed by atoms with E-state index in [9.17, 15) is 0 Å². The lowest BCUT2D eigenvalue weighted by atomic mass is 9.88. The van der Waals surface area contributed by atoms with Gasteiger partial charge < -0.3 is 0 Å². The highest BCUT2D eigenvalue weighted by Crippen LogP contribution is 2.28. The predicted octanol–water partition coefficient (Wildman–Crippen LogP) is 3.04. The monoisotopic (exact) mass is 201 g/mol. The van der Waals surface area contributed by atoms with Gasteiger partial charge in [-0.3, -0.25) is 4.90 Å². The van der Waals surface area contributed by atoms with Gasteiger partial charge in [0.1, 0.15) is 0 Å². The Kier molecular flexibility index (Phi) is 2.92. The molecule has 1 aliphatic rings. The third kappa shape index (κ3) is 2.13. The van der Waals surface area contributed by atoms with Gasteiger partial charge >= 0.3 is 0 Å². The van der Waals surface area contributed by atoms with Gasteiger partial charge in [-0.1, -0.05) is 43.3 Å². The van der Waals surface area contributed by atoms with Gasteiger partial charge in [0.25, 0.3) is 0 Å². The van der Waals surface area contributed by atoms with E-state index in [4.69, 9.17) is 0 Å². The van der Waals surface area contributed by atoms with Crippen molar-refractivity contribution < 1.29 is 0 Å². The molecule has 2 atom stereocenters. The summed E-state index contributed by atoms with van der Waals surface area (Å²) in [6.07, 6.45) is 2.39. The third-order valence-corrected chi connectivity index (χ3v) is 3.32. The highest BCUT2D eigenvalue weighted by molar-refractivity contribution is 5.68. The van der Waals surface area contributed by atoms with Crippen LogP contribution in [-0.2, 0) is 0 Å². The average Bonchev–Trinajstić information content (AvgIpc) is 2.25. The molecule has 0 bridgehead atoms. The Morgan fingerprint density at radius 2 is 1.80 bits per heavy atom. The summed E-state index contributed by atoms with van der Waals surface area (Å²) in [5.41, 5.74) is 2.88. The molecule has 15 heavy (non-hydrogen) atoms. The summed E-state index contributed by atoms with van der Waals surface area (Å²) in [6, 6.07) is 11.3. The van der Waals surface area contributed by atoms with Crippen molar-refractivity contribution in [2.45, 2.75) is 19.9 Å². The molecule has 1 heteroatoms. The lowest BCUT2D eigenvalue weighted by Crippen LogP contribution is -2.36. The molecule has 1 heterocycles. The standard InChI is InChI=1S/C14H19N/c1-11-10-15(3)12(2)9-14(11)13-7-5-4-6-8-13/h4-9,11-12H,10H2,1-3H3/t11-,12+/m1/s1. The summed E-state index contributed by atoms with van der Waals surface area (Å²) in [5, 5.41) is 0. The second-order valence-corrected chi connectivity index (χ2v) is 4.57. The normalized spacial score (nSPS) is 27.5. The zero-order valence-corrected chi connectivity index (χ0v) is 9.77. The molecule has 0 unspecified atom stereocenters. The van der Waals surface area contributed by atoms with Gasteiger partial charge in [0, 0.05) is 12.6 Å². The van der Waals surface area contributed by atoms with Crippen LogP contribution in [0.1, 0.15) is 19.4 Å². The van der Waals surface area contributed by atoms with E-state index in [1.165, 1.54) is 11.1 Å². The molecule has 0 N–H and O–H groups in total. The molecular weight excluding hydrogens is 182 g/mol. The van der Waals surface area contributed by atoms with Crippen molar-refractivity contribution in [3.8, 4) is 0 Å². The van der Waals surface area contributed by atoms with Gasteiger partial charge in [-0.25, -0.2) is 0 Å². The molecule has 1 nitrogen and oxygen atoms in total. The lowest BCUT2D eigenvalue weighted by molar-refractivity contribution is 0.264. The van der Waals surface area contributed by atoms with Gasteiger partial charge in [-0.2, -0.15) is 0 Å². The number of hydrogen-bond donors (Lipinski definition) is 0. The van der Waals surface area contributed by atoms with E-state index in [0.717, 1.165) is 6.54 Å². The molecule has 1 aliphatic heterocycles. The van der Waals surface area contributed by atoms with Crippen LogP contribution in [0.2, 0.25) is 0 Å². The topological polar surface area (TPSA) is 3.24 Å². The number of rotatable bonds is 1. The molecule has 0 fully saturated rings. The predicted molar refractivity (Wildman–Crippen MR) is 65.7 cm³/mol. The third-order valence-electron chi connectivity index (χ3n) is 3.32. The van der Waals surface area contributed by atoms with Crippen LogP contribution in [0.3, 0.4) is 0 Å². The molecule has 1 aromatic carbocycles. The molecule has 2 rings (SSSR count). The Morgan fingerprint density at radius 3 is 2.47 bits per heavy atom. The average molecular weight is 201 g/mol. The maximum atomic E-state index is 2.40. The zero-order chi connectivity index (χ0) is 10.8. The Hall–Kier alpha value is -1.08. The Labute approximate surface area is 92.4 Å². The van der Waals surface area contributed by atoms with Crippen LogP contribution in [0.25, 0.3) is 5.57 Å². The van der Waals surface area contributed by atoms with Crippen molar-refractivity contribution in [2.75, 3.05) is 13.6 Å². The fourth-order valence-corrected chi connectivity index (χ4v) is 2.26. The van der Waals surface area contributed by atoms with Crippen LogP contribution in [0.4, 0.5) is 0 Å². The van der Waals surface area contributed by atoms with Crippen molar-refractivity contribution in [1.82, 2.24) is 4.90 Å². The molecule has 80 valence electrons. The SMILES string of the molecule is C[C@@H]1CN(C)[C@@H](C)C=C1c1ccccc1. The van der Waals surface area contributed by atoms with Crippen LogP contribution < -0.4 is 0 Å². The van der Waals surface area contributed by atoms with Gasteiger partial charge in [0.15, 0.2) is 0 Å². The van der Waals surface area contributed by atoms with Crippen molar-refractivity contribution in [3.05, 3.63) is 42.0 Å². The molecule has 0 saturated heterocycles. The van der Waals surface area contributed by atoms with Gasteiger partial charge in [-0.05, 0) is 31.0 Å². The minimum absolute atomic E-state index is 0.552. The van der Waals surface area contributed by atoms with E-state index in [1.54, 1.807) is 0 Å². The van der Waals surface area contributed by atoms with E-state index in [1.807, 2.05) is 0 Å². The van der Waals surface area contributed by atoms with E-state index in [0.29, 0.717) is 12.0 Å². The summed E-state index contributed by atoms with van der Waals surface area (Å²) in [4.78, 5) is 2.40. The highest BCUT2D eigenvalue weighted by Gasteiger charge is 2.21. The summed E-state index contributed by atoms with van der Waals surface area (Å²) in [5.74, 6) is 0.633. The van der Waals surface area contributed by atoms with E-state index >= 15 is 0 Å². The zero-order valence-electron chi connectivity index (χ0n) is 9.77. The van der Waals surface area contributed by atoms with Crippen LogP contribution in [0.5, 0.6) is 0 Å². The maximum absolute atomic E-state index is 2.40. The van der Waals surface area contributed by atoms with Crippen LogP contribution in [0.15, 0.2) is 36.4 Å². The fourth-order valence-electron chi connectivity index (χ4n) is 2.26. The first kappa shape index (κ1) is 10.4. The van der Waals surface area contributed by atoms with Crippen molar-refractivity contribution in [3.63, 3.8) is 0 Å². The van der Waals surface area contributed by atoms with Gasteiger partial charge in [-0.15, -0.1) is 0 Å². The Bertz CT molecular complexity index is 353. The minimum Gasteiger partial charge on any atom is -0.300 e. The lowest BCUT2D eigenvalue weighted by Gasteiger charge is -2.33. The quantitative estimate of drug-likeness (QED) is 0.675. The first-order valence-electron chi connectivity index (χ1n) is 5.66. The van der Waals surface area contributed by atoms with Crippen molar-refractivity contribution in [1.29, 1.82) is 0 Å². The summed E-state index contributed by atoms with van der Waals surface area (Å²) >= 11 is 0. The van der Waals surface area contributed by atoms with Crippen LogP contribution >= 0.6 is 0 Å². The maximum Gasteiger partial charge on any atom is 0.0253 e. The summed E-state index contributed by atoms with van der Waals surface area (Å²) in [7, 11) is 2.19. The second kappa shape index (κ2) is 4.19. The van der Waals surface area contributed by atoms with Crippen LogP contribution in [0, 0.1) is 5.92 Å². The number of benzene rings is 1. The number of likely N-dealkylation sites (N-methyl/N-ethyl adjacent to an activating group) is 1. The Morgan fingerprint density at radius 1 is 1.13 bits per heavy atom. The van der Waals surface area contributed by atoms with Gasteiger partial charge in [0.2, 0.25) is 0 Å². The Balaban J connectivity index is 2.33. The molecule has 1 aromatic rings. The molecule has 0 radical (unpaired) electrons. The van der Waals surface area contributed by atoms with E-state index in [-0.39, 0.29) is 0 Å². The van der Waals surface area contributed by atoms with Crippen LogP contribution in [-0.4, -0.2) is 24.5 Å². The summed E-state index contributed by atoms with van der Waals surface area (Å²) in [6.45, 7) is 5.72. The minimum atomic E-state index is 0.552. The fraction of sp³-hybridized carbons (Fsp3) is 0.429.